The van der Waals surface area contributed by atoms with E-state index < -0.39 is 40.7 Å². The third kappa shape index (κ3) is 7.26. The molecule has 2 saturated heterocycles. The Morgan fingerprint density at radius 1 is 1.07 bits per heavy atom. The highest BCUT2D eigenvalue weighted by Crippen LogP contribution is 2.40. The summed E-state index contributed by atoms with van der Waals surface area (Å²) >= 11 is 0. The number of morpholine rings is 1. The van der Waals surface area contributed by atoms with Crippen molar-refractivity contribution >= 4 is 16.9 Å². The van der Waals surface area contributed by atoms with Gasteiger partial charge in [-0.25, -0.2) is 13.2 Å². The largest absolute Gasteiger partial charge is 0.497 e. The first kappa shape index (κ1) is 32.0. The number of carboxylic acid groups (broad SMARTS) is 1. The molecule has 5 rings (SSSR count). The Morgan fingerprint density at radius 2 is 1.77 bits per heavy atom. The minimum atomic E-state index is -1.11. The van der Waals surface area contributed by atoms with Gasteiger partial charge in [-0.2, -0.15) is 0 Å². The lowest BCUT2D eigenvalue weighted by molar-refractivity contribution is -0.153. The molecule has 0 saturated carbocycles. The number of benzene rings is 2. The van der Waals surface area contributed by atoms with Crippen LogP contribution in [0.4, 0.5) is 13.2 Å². The second-order valence-corrected chi connectivity index (χ2v) is 11.5. The molecular weight excluding hydrogens is 579 g/mol. The van der Waals surface area contributed by atoms with E-state index in [9.17, 15) is 28.2 Å². The number of piperidine rings is 1. The zero-order chi connectivity index (χ0) is 31.3. The zero-order valence-electron chi connectivity index (χ0n) is 24.7. The third-order valence-corrected chi connectivity index (χ3v) is 8.81. The fourth-order valence-electron chi connectivity index (χ4n) is 6.16. The molecule has 238 valence electrons. The highest BCUT2D eigenvalue weighted by atomic mass is 19.1. The summed E-state index contributed by atoms with van der Waals surface area (Å²) < 4.78 is 57.1. The maximum atomic E-state index is 13.9. The molecule has 9 nitrogen and oxygen atoms in total. The Balaban J connectivity index is 1.25. The van der Waals surface area contributed by atoms with Gasteiger partial charge in [0.2, 0.25) is 0 Å². The van der Waals surface area contributed by atoms with Crippen molar-refractivity contribution in [1.29, 1.82) is 0 Å². The number of aliphatic hydroxyl groups is 1. The van der Waals surface area contributed by atoms with Gasteiger partial charge in [0.1, 0.15) is 18.2 Å². The SMILES string of the molecule is COc1ccc2ncc(CN3CCOCC3)c([C@@H](O)CCC3(C(=O)O)CCN(CCOc4c(F)cc(F)cc4F)CC3)c2c1. The fourth-order valence-corrected chi connectivity index (χ4v) is 6.16. The summed E-state index contributed by atoms with van der Waals surface area (Å²) in [7, 11) is 1.58. The van der Waals surface area contributed by atoms with Gasteiger partial charge in [0.15, 0.2) is 17.4 Å². The van der Waals surface area contributed by atoms with Crippen LogP contribution in [0.25, 0.3) is 10.9 Å². The molecule has 12 heteroatoms. The molecule has 2 aliphatic rings. The number of hydrogen-bond donors (Lipinski definition) is 2. The number of carboxylic acids is 1. The van der Waals surface area contributed by atoms with E-state index >= 15 is 0 Å². The Labute approximate surface area is 254 Å². The highest BCUT2D eigenvalue weighted by Gasteiger charge is 2.41. The summed E-state index contributed by atoms with van der Waals surface area (Å²) in [5.74, 6) is -4.16. The van der Waals surface area contributed by atoms with E-state index in [4.69, 9.17) is 14.2 Å². The van der Waals surface area contributed by atoms with Crippen LogP contribution < -0.4 is 9.47 Å². The molecule has 0 amide bonds. The molecule has 0 aliphatic carbocycles. The summed E-state index contributed by atoms with van der Waals surface area (Å²) in [6.45, 7) is 4.56. The molecule has 0 spiro atoms. The molecule has 1 aromatic heterocycles. The van der Waals surface area contributed by atoms with E-state index in [1.165, 1.54) is 0 Å². The molecule has 3 aromatic rings. The van der Waals surface area contributed by atoms with Crippen LogP contribution in [0.5, 0.6) is 11.5 Å². The number of carbonyl (C=O) groups is 1. The number of fused-ring (bicyclic) bond motifs is 1. The van der Waals surface area contributed by atoms with E-state index in [2.05, 4.69) is 9.88 Å². The Bertz CT molecular complexity index is 1440. The standard InChI is InChI=1S/C32H38F3N3O6/c1-42-23-2-3-27-24(18-23)29(21(19-36-27)20-38-10-13-43-14-11-38)28(39)4-5-32(31(40)41)6-8-37(9-7-32)12-15-44-30-25(34)16-22(33)17-26(30)35/h2-3,16-19,28,39H,4-15,20H2,1H3,(H,40,41)/t28-/m0/s1. The van der Waals surface area contributed by atoms with E-state index in [0.29, 0.717) is 70.1 Å². The molecule has 1 atom stereocenters. The van der Waals surface area contributed by atoms with Crippen molar-refractivity contribution in [3.8, 4) is 11.5 Å². The number of pyridine rings is 1. The first-order chi connectivity index (χ1) is 21.2. The van der Waals surface area contributed by atoms with Crippen molar-refractivity contribution in [2.75, 3.05) is 59.7 Å². The average Bonchev–Trinajstić information content (AvgIpc) is 3.01. The lowest BCUT2D eigenvalue weighted by atomic mass is 9.74. The Morgan fingerprint density at radius 3 is 2.43 bits per heavy atom. The smallest absolute Gasteiger partial charge is 0.309 e. The van der Waals surface area contributed by atoms with Gasteiger partial charge in [-0.1, -0.05) is 0 Å². The molecule has 2 aliphatic heterocycles. The van der Waals surface area contributed by atoms with Gasteiger partial charge in [-0.3, -0.25) is 19.6 Å². The third-order valence-electron chi connectivity index (χ3n) is 8.81. The van der Waals surface area contributed by atoms with Gasteiger partial charge < -0.3 is 24.4 Å². The van der Waals surface area contributed by atoms with Crippen molar-refractivity contribution < 1.29 is 42.4 Å². The lowest BCUT2D eigenvalue weighted by Gasteiger charge is -2.39. The number of nitrogens with zero attached hydrogens (tertiary/aromatic N) is 3. The predicted molar refractivity (Wildman–Crippen MR) is 156 cm³/mol. The number of aliphatic carboxylic acids is 1. The Hall–Kier alpha value is -3.45. The van der Waals surface area contributed by atoms with E-state index in [1.807, 2.05) is 23.1 Å². The monoisotopic (exact) mass is 617 g/mol. The van der Waals surface area contributed by atoms with Crippen LogP contribution in [0.15, 0.2) is 36.5 Å². The van der Waals surface area contributed by atoms with Crippen molar-refractivity contribution in [3.05, 3.63) is 65.1 Å². The summed E-state index contributed by atoms with van der Waals surface area (Å²) in [5, 5.41) is 22.7. The number of halogens is 3. The molecule has 0 radical (unpaired) electrons. The number of hydrogen-bond acceptors (Lipinski definition) is 8. The summed E-state index contributed by atoms with van der Waals surface area (Å²) in [6.07, 6.45) is 2.07. The first-order valence-corrected chi connectivity index (χ1v) is 14.9. The molecule has 0 bridgehead atoms. The minimum Gasteiger partial charge on any atom is -0.497 e. The van der Waals surface area contributed by atoms with Gasteiger partial charge in [0.05, 0.1) is 37.4 Å². The second kappa shape index (κ2) is 14.1. The average molecular weight is 618 g/mol. The molecule has 0 unspecified atom stereocenters. The second-order valence-electron chi connectivity index (χ2n) is 11.5. The van der Waals surface area contributed by atoms with Crippen molar-refractivity contribution in [3.63, 3.8) is 0 Å². The van der Waals surface area contributed by atoms with E-state index in [1.54, 1.807) is 13.3 Å². The molecular formula is C32H38F3N3O6. The maximum absolute atomic E-state index is 13.9. The number of aliphatic hydroxyl groups excluding tert-OH is 1. The van der Waals surface area contributed by atoms with Crippen LogP contribution in [-0.2, 0) is 16.1 Å². The summed E-state index contributed by atoms with van der Waals surface area (Å²) in [6, 6.07) is 6.65. The minimum absolute atomic E-state index is 0.0389. The van der Waals surface area contributed by atoms with Crippen LogP contribution >= 0.6 is 0 Å². The molecule has 3 heterocycles. The van der Waals surface area contributed by atoms with Crippen molar-refractivity contribution in [2.45, 2.75) is 38.3 Å². The number of rotatable bonds is 12. The van der Waals surface area contributed by atoms with Crippen LogP contribution in [0.2, 0.25) is 0 Å². The van der Waals surface area contributed by atoms with Gasteiger partial charge in [-0.05, 0) is 68.1 Å². The topological polar surface area (TPSA) is 105 Å². The fraction of sp³-hybridized carbons (Fsp3) is 0.500. The van der Waals surface area contributed by atoms with Gasteiger partial charge in [-0.15, -0.1) is 0 Å². The molecule has 2 fully saturated rings. The molecule has 2 aromatic carbocycles. The highest BCUT2D eigenvalue weighted by molar-refractivity contribution is 5.85. The van der Waals surface area contributed by atoms with Crippen molar-refractivity contribution in [2.24, 2.45) is 5.41 Å². The number of methoxy groups -OCH3 is 1. The Kier molecular flexibility index (Phi) is 10.2. The van der Waals surface area contributed by atoms with Crippen LogP contribution in [0.1, 0.15) is 42.9 Å². The lowest BCUT2D eigenvalue weighted by Crippen LogP contribution is -2.45. The number of aromatic nitrogens is 1. The van der Waals surface area contributed by atoms with Gasteiger partial charge in [0.25, 0.3) is 0 Å². The first-order valence-electron chi connectivity index (χ1n) is 14.9. The predicted octanol–water partition coefficient (Wildman–Crippen LogP) is 4.55. The molecule has 2 N–H and O–H groups in total. The number of likely N-dealkylation sites (tertiary alicyclic amines) is 1. The van der Waals surface area contributed by atoms with E-state index in [0.717, 1.165) is 35.1 Å². The van der Waals surface area contributed by atoms with Gasteiger partial charge >= 0.3 is 5.97 Å². The normalized spacial score (nSPS) is 18.3. The quantitative estimate of drug-likeness (QED) is 0.303. The van der Waals surface area contributed by atoms with Crippen LogP contribution in [0.3, 0.4) is 0 Å². The summed E-state index contributed by atoms with van der Waals surface area (Å²) in [4.78, 5) is 21.4. The number of ether oxygens (including phenoxy) is 3. The molecule has 44 heavy (non-hydrogen) atoms. The van der Waals surface area contributed by atoms with Crippen LogP contribution in [-0.4, -0.2) is 90.6 Å². The van der Waals surface area contributed by atoms with Crippen LogP contribution in [0, 0.1) is 22.9 Å². The van der Waals surface area contributed by atoms with E-state index in [-0.39, 0.29) is 19.4 Å². The zero-order valence-corrected chi connectivity index (χ0v) is 24.7. The van der Waals surface area contributed by atoms with Crippen molar-refractivity contribution in [1.82, 2.24) is 14.8 Å². The maximum Gasteiger partial charge on any atom is 0.309 e. The van der Waals surface area contributed by atoms with Gasteiger partial charge in [0, 0.05) is 49.9 Å². The summed E-state index contributed by atoms with van der Waals surface area (Å²) in [5.41, 5.74) is 1.30.